The van der Waals surface area contributed by atoms with Gasteiger partial charge in [-0.05, 0) is 31.1 Å². The second-order valence-electron chi connectivity index (χ2n) is 3.54. The lowest BCUT2D eigenvalue weighted by atomic mass is 10.2. The summed E-state index contributed by atoms with van der Waals surface area (Å²) >= 11 is 0. The Morgan fingerprint density at radius 2 is 1.88 bits per heavy atom. The molecule has 0 amide bonds. The van der Waals surface area contributed by atoms with Gasteiger partial charge >= 0.3 is 0 Å². The molecule has 17 heavy (non-hydrogen) atoms. The Morgan fingerprint density at radius 1 is 1.24 bits per heavy atom. The minimum absolute atomic E-state index is 0.609. The summed E-state index contributed by atoms with van der Waals surface area (Å²) in [6.45, 7) is 8.21. The molecule has 0 saturated carbocycles. The third-order valence-corrected chi connectivity index (χ3v) is 2.22. The standard InChI is InChI=1S/C14H17N3/c1-4-7-8-9-10-15-14-16-12(5-2)11-13(6-3)17-14/h1,5-6,11H,2-3,7-10H2,(H,15,16,17). The summed E-state index contributed by atoms with van der Waals surface area (Å²) < 4.78 is 0. The number of nitrogens with zero attached hydrogens (tertiary/aromatic N) is 2. The van der Waals surface area contributed by atoms with Crippen LogP contribution in [0.1, 0.15) is 30.7 Å². The largest absolute Gasteiger partial charge is 0.354 e. The van der Waals surface area contributed by atoms with Crippen LogP contribution >= 0.6 is 0 Å². The molecule has 0 aliphatic rings. The van der Waals surface area contributed by atoms with Gasteiger partial charge in [0.15, 0.2) is 0 Å². The van der Waals surface area contributed by atoms with E-state index in [0.29, 0.717) is 5.95 Å². The SMILES string of the molecule is C#CCCCCNc1nc(C=C)cc(C=C)n1. The first kappa shape index (κ1) is 13.0. The van der Waals surface area contributed by atoms with Gasteiger partial charge in [0.2, 0.25) is 5.95 Å². The lowest BCUT2D eigenvalue weighted by molar-refractivity contribution is 0.784. The number of hydrogen-bond acceptors (Lipinski definition) is 3. The molecule has 1 heterocycles. The summed E-state index contributed by atoms with van der Waals surface area (Å²) in [5, 5.41) is 3.17. The Kier molecular flexibility index (Phi) is 5.53. The van der Waals surface area contributed by atoms with E-state index in [0.717, 1.165) is 37.2 Å². The number of unbranched alkanes of at least 4 members (excludes halogenated alkanes) is 2. The van der Waals surface area contributed by atoms with E-state index < -0.39 is 0 Å². The summed E-state index contributed by atoms with van der Waals surface area (Å²) in [6.07, 6.45) is 11.4. The molecule has 0 bridgehead atoms. The maximum atomic E-state index is 5.18. The van der Waals surface area contributed by atoms with E-state index in [2.05, 4.69) is 34.4 Å². The smallest absolute Gasteiger partial charge is 0.223 e. The fraction of sp³-hybridized carbons (Fsp3) is 0.286. The van der Waals surface area contributed by atoms with Gasteiger partial charge in [-0.2, -0.15) is 0 Å². The summed E-state index contributed by atoms with van der Waals surface area (Å²) in [4.78, 5) is 8.58. The number of hydrogen-bond donors (Lipinski definition) is 1. The minimum Gasteiger partial charge on any atom is -0.354 e. The highest BCUT2D eigenvalue weighted by molar-refractivity contribution is 5.52. The van der Waals surface area contributed by atoms with Gasteiger partial charge in [0.05, 0.1) is 11.4 Å². The molecule has 1 rings (SSSR count). The number of rotatable bonds is 7. The molecule has 3 nitrogen and oxygen atoms in total. The molecule has 0 fully saturated rings. The van der Waals surface area contributed by atoms with Crippen LogP contribution in [0.15, 0.2) is 19.2 Å². The summed E-state index contributed by atoms with van der Waals surface area (Å²) in [7, 11) is 0. The van der Waals surface area contributed by atoms with Gasteiger partial charge in [0.1, 0.15) is 0 Å². The number of aromatic nitrogens is 2. The van der Waals surface area contributed by atoms with Gasteiger partial charge in [-0.25, -0.2) is 9.97 Å². The Bertz CT molecular complexity index is 403. The van der Waals surface area contributed by atoms with Gasteiger partial charge in [-0.15, -0.1) is 12.3 Å². The second-order valence-corrected chi connectivity index (χ2v) is 3.54. The van der Waals surface area contributed by atoms with Crippen molar-refractivity contribution in [1.29, 1.82) is 0 Å². The van der Waals surface area contributed by atoms with Crippen molar-refractivity contribution in [2.45, 2.75) is 19.3 Å². The van der Waals surface area contributed by atoms with Crippen LogP contribution in [0.5, 0.6) is 0 Å². The molecule has 1 N–H and O–H groups in total. The zero-order valence-corrected chi connectivity index (χ0v) is 9.95. The van der Waals surface area contributed by atoms with Gasteiger partial charge in [0, 0.05) is 13.0 Å². The van der Waals surface area contributed by atoms with Crippen molar-refractivity contribution in [3.63, 3.8) is 0 Å². The van der Waals surface area contributed by atoms with E-state index in [1.54, 1.807) is 12.2 Å². The first-order valence-corrected chi connectivity index (χ1v) is 5.61. The van der Waals surface area contributed by atoms with Crippen LogP contribution in [0.3, 0.4) is 0 Å². The summed E-state index contributed by atoms with van der Waals surface area (Å²) in [5.41, 5.74) is 1.59. The van der Waals surface area contributed by atoms with Crippen LogP contribution in [-0.2, 0) is 0 Å². The second kappa shape index (κ2) is 7.24. The Hall–Kier alpha value is -2.08. The molecule has 0 aromatic carbocycles. The van der Waals surface area contributed by atoms with Crippen LogP contribution in [0.2, 0.25) is 0 Å². The van der Waals surface area contributed by atoms with E-state index in [1.165, 1.54) is 0 Å². The van der Waals surface area contributed by atoms with Gasteiger partial charge in [0.25, 0.3) is 0 Å². The van der Waals surface area contributed by atoms with Crippen molar-refractivity contribution in [3.05, 3.63) is 30.6 Å². The van der Waals surface area contributed by atoms with E-state index in [1.807, 2.05) is 6.07 Å². The number of terminal acetylenes is 1. The normalized spacial score (nSPS) is 9.35. The Morgan fingerprint density at radius 3 is 2.41 bits per heavy atom. The van der Waals surface area contributed by atoms with Crippen molar-refractivity contribution >= 4 is 18.1 Å². The highest BCUT2D eigenvalue weighted by atomic mass is 15.1. The Labute approximate surface area is 103 Å². The Balaban J connectivity index is 2.55. The molecule has 0 unspecified atom stereocenters. The van der Waals surface area contributed by atoms with Gasteiger partial charge < -0.3 is 5.32 Å². The monoisotopic (exact) mass is 227 g/mol. The van der Waals surface area contributed by atoms with Crippen LogP contribution in [-0.4, -0.2) is 16.5 Å². The molecule has 3 heteroatoms. The summed E-state index contributed by atoms with van der Waals surface area (Å²) in [5.74, 6) is 3.23. The predicted octanol–water partition coefficient (Wildman–Crippen LogP) is 2.98. The molecule has 88 valence electrons. The van der Waals surface area contributed by atoms with Crippen molar-refractivity contribution in [1.82, 2.24) is 9.97 Å². The lowest BCUT2D eigenvalue weighted by Gasteiger charge is -2.06. The molecular weight excluding hydrogens is 210 g/mol. The van der Waals surface area contributed by atoms with Crippen LogP contribution in [0.4, 0.5) is 5.95 Å². The first-order valence-electron chi connectivity index (χ1n) is 5.61. The quantitative estimate of drug-likeness (QED) is 0.575. The van der Waals surface area contributed by atoms with E-state index >= 15 is 0 Å². The van der Waals surface area contributed by atoms with Crippen molar-refractivity contribution in [2.75, 3.05) is 11.9 Å². The maximum Gasteiger partial charge on any atom is 0.223 e. The van der Waals surface area contributed by atoms with Crippen molar-refractivity contribution in [3.8, 4) is 12.3 Å². The van der Waals surface area contributed by atoms with E-state index in [4.69, 9.17) is 6.42 Å². The van der Waals surface area contributed by atoms with Gasteiger partial charge in [-0.1, -0.05) is 13.2 Å². The third kappa shape index (κ3) is 4.52. The third-order valence-electron chi connectivity index (χ3n) is 2.22. The average Bonchev–Trinajstić information content (AvgIpc) is 2.38. The number of nitrogens with one attached hydrogen (secondary N) is 1. The lowest BCUT2D eigenvalue weighted by Crippen LogP contribution is -2.06. The highest BCUT2D eigenvalue weighted by Crippen LogP contribution is 2.08. The first-order chi connectivity index (χ1) is 8.30. The predicted molar refractivity (Wildman–Crippen MR) is 73.4 cm³/mol. The molecular formula is C14H17N3. The minimum atomic E-state index is 0.609. The van der Waals surface area contributed by atoms with E-state index in [-0.39, 0.29) is 0 Å². The maximum absolute atomic E-state index is 5.18. The van der Waals surface area contributed by atoms with Crippen LogP contribution in [0, 0.1) is 12.3 Å². The zero-order valence-electron chi connectivity index (χ0n) is 9.95. The molecule has 0 saturated heterocycles. The van der Waals surface area contributed by atoms with Crippen molar-refractivity contribution < 1.29 is 0 Å². The van der Waals surface area contributed by atoms with Crippen LogP contribution < -0.4 is 5.32 Å². The molecule has 0 aliphatic carbocycles. The fourth-order valence-corrected chi connectivity index (χ4v) is 1.33. The fourth-order valence-electron chi connectivity index (χ4n) is 1.33. The topological polar surface area (TPSA) is 37.8 Å². The molecule has 0 spiro atoms. The number of anilines is 1. The molecule has 0 aliphatic heterocycles. The molecule has 1 aromatic heterocycles. The zero-order chi connectivity index (χ0) is 12.5. The van der Waals surface area contributed by atoms with Gasteiger partial charge in [-0.3, -0.25) is 0 Å². The molecule has 0 atom stereocenters. The molecule has 0 radical (unpaired) electrons. The highest BCUT2D eigenvalue weighted by Gasteiger charge is 1.99. The van der Waals surface area contributed by atoms with Crippen LogP contribution in [0.25, 0.3) is 12.2 Å². The van der Waals surface area contributed by atoms with Crippen molar-refractivity contribution in [2.24, 2.45) is 0 Å². The summed E-state index contributed by atoms with van der Waals surface area (Å²) in [6, 6.07) is 1.84. The van der Waals surface area contributed by atoms with E-state index in [9.17, 15) is 0 Å². The average molecular weight is 227 g/mol. The molecule has 1 aromatic rings.